The van der Waals surface area contributed by atoms with Crippen LogP contribution < -0.4 is 5.32 Å². The fraction of sp³-hybridized carbons (Fsp3) is 1.00. The van der Waals surface area contributed by atoms with E-state index in [2.05, 4.69) is 5.32 Å². The zero-order valence-electron chi connectivity index (χ0n) is 10.3. The van der Waals surface area contributed by atoms with E-state index in [0.717, 1.165) is 45.3 Å². The molecule has 2 aliphatic heterocycles. The molecule has 3 fully saturated rings. The second-order valence-electron chi connectivity index (χ2n) is 5.87. The van der Waals surface area contributed by atoms with Crippen LogP contribution >= 0.6 is 0 Å². The number of piperidine rings is 2. The van der Waals surface area contributed by atoms with Gasteiger partial charge in [0.2, 0.25) is 10.0 Å². The molecule has 1 aliphatic carbocycles. The van der Waals surface area contributed by atoms with Gasteiger partial charge in [0.25, 0.3) is 0 Å². The summed E-state index contributed by atoms with van der Waals surface area (Å²) in [4.78, 5) is 0. The molecule has 0 aromatic heterocycles. The third-order valence-corrected chi connectivity index (χ3v) is 6.68. The predicted octanol–water partition coefficient (Wildman–Crippen LogP) is 0.800. The van der Waals surface area contributed by atoms with Crippen LogP contribution in [0, 0.1) is 11.8 Å². The summed E-state index contributed by atoms with van der Waals surface area (Å²) in [5, 5.41) is 3.29. The second kappa shape index (κ2) is 4.52. The Morgan fingerprint density at radius 1 is 1.12 bits per heavy atom. The molecule has 2 saturated heterocycles. The molecule has 3 rings (SSSR count). The first kappa shape index (κ1) is 11.9. The van der Waals surface area contributed by atoms with E-state index in [-0.39, 0.29) is 0 Å². The summed E-state index contributed by atoms with van der Waals surface area (Å²) >= 11 is 0. The Bertz CT molecular complexity index is 376. The maximum absolute atomic E-state index is 12.4. The third-order valence-electron chi connectivity index (χ3n) is 4.62. The Morgan fingerprint density at radius 2 is 1.88 bits per heavy atom. The average Bonchev–Trinajstić information content (AvgIpc) is 2.91. The number of hydrogen-bond donors (Lipinski definition) is 1. The third kappa shape index (κ3) is 2.37. The van der Waals surface area contributed by atoms with Crippen molar-refractivity contribution < 1.29 is 8.42 Å². The lowest BCUT2D eigenvalue weighted by atomic mass is 10.0. The van der Waals surface area contributed by atoms with E-state index in [0.29, 0.717) is 23.6 Å². The monoisotopic (exact) mass is 258 g/mol. The maximum atomic E-state index is 12.4. The molecule has 1 saturated carbocycles. The minimum atomic E-state index is -2.98. The molecule has 3 aliphatic rings. The molecule has 5 heteroatoms. The van der Waals surface area contributed by atoms with Gasteiger partial charge in [0.15, 0.2) is 0 Å². The highest BCUT2D eigenvalue weighted by Gasteiger charge is 2.44. The Kier molecular flexibility index (Phi) is 3.17. The van der Waals surface area contributed by atoms with Gasteiger partial charge in [-0.05, 0) is 57.0 Å². The van der Waals surface area contributed by atoms with Crippen molar-refractivity contribution in [2.45, 2.75) is 38.1 Å². The summed E-state index contributed by atoms with van der Waals surface area (Å²) in [5.41, 5.74) is 0. The minimum absolute atomic E-state index is 0.340. The van der Waals surface area contributed by atoms with Gasteiger partial charge in [0.05, 0.1) is 5.75 Å². The number of nitrogens with zero attached hydrogens (tertiary/aromatic N) is 1. The van der Waals surface area contributed by atoms with Crippen molar-refractivity contribution in [1.82, 2.24) is 9.62 Å². The molecule has 2 unspecified atom stereocenters. The molecule has 4 nitrogen and oxygen atoms in total. The molecule has 98 valence electrons. The van der Waals surface area contributed by atoms with Gasteiger partial charge in [-0.15, -0.1) is 0 Å². The molecular weight excluding hydrogens is 236 g/mol. The van der Waals surface area contributed by atoms with E-state index in [1.807, 2.05) is 4.31 Å². The van der Waals surface area contributed by atoms with Crippen LogP contribution in [0.4, 0.5) is 0 Å². The largest absolute Gasteiger partial charge is 0.317 e. The van der Waals surface area contributed by atoms with Crippen molar-refractivity contribution in [3.8, 4) is 0 Å². The van der Waals surface area contributed by atoms with Crippen LogP contribution in [0.25, 0.3) is 0 Å². The topological polar surface area (TPSA) is 49.4 Å². The van der Waals surface area contributed by atoms with Gasteiger partial charge in [-0.3, -0.25) is 0 Å². The van der Waals surface area contributed by atoms with Crippen LogP contribution in [-0.4, -0.2) is 44.2 Å². The van der Waals surface area contributed by atoms with E-state index in [9.17, 15) is 8.42 Å². The smallest absolute Gasteiger partial charge is 0.214 e. The van der Waals surface area contributed by atoms with Gasteiger partial charge in [0, 0.05) is 12.6 Å². The highest BCUT2D eigenvalue weighted by molar-refractivity contribution is 7.89. The number of sulfonamides is 1. The second-order valence-corrected chi connectivity index (χ2v) is 7.84. The SMILES string of the molecule is O=S(=O)(CC1CCNCC1)N1CC2CCC1C2. The van der Waals surface area contributed by atoms with E-state index >= 15 is 0 Å². The first-order valence-electron chi connectivity index (χ1n) is 6.85. The van der Waals surface area contributed by atoms with Gasteiger partial charge < -0.3 is 5.32 Å². The minimum Gasteiger partial charge on any atom is -0.317 e. The summed E-state index contributed by atoms with van der Waals surface area (Å²) in [7, 11) is -2.98. The van der Waals surface area contributed by atoms with Gasteiger partial charge in [-0.25, -0.2) is 8.42 Å². The number of rotatable bonds is 3. The lowest BCUT2D eigenvalue weighted by Crippen LogP contribution is -2.42. The summed E-state index contributed by atoms with van der Waals surface area (Å²) < 4.78 is 26.6. The fourth-order valence-electron chi connectivity index (χ4n) is 3.66. The van der Waals surface area contributed by atoms with Crippen molar-refractivity contribution in [3.05, 3.63) is 0 Å². The Morgan fingerprint density at radius 3 is 2.47 bits per heavy atom. The molecule has 2 atom stereocenters. The molecule has 0 amide bonds. The van der Waals surface area contributed by atoms with Gasteiger partial charge in [-0.2, -0.15) is 4.31 Å². The van der Waals surface area contributed by atoms with Gasteiger partial charge >= 0.3 is 0 Å². The number of nitrogens with one attached hydrogen (secondary N) is 1. The van der Waals surface area contributed by atoms with Crippen LogP contribution in [0.5, 0.6) is 0 Å². The normalized spacial score (nSPS) is 35.5. The van der Waals surface area contributed by atoms with Crippen LogP contribution in [0.15, 0.2) is 0 Å². The quantitative estimate of drug-likeness (QED) is 0.814. The van der Waals surface area contributed by atoms with E-state index in [1.54, 1.807) is 0 Å². The predicted molar refractivity (Wildman–Crippen MR) is 67.2 cm³/mol. The van der Waals surface area contributed by atoms with Crippen molar-refractivity contribution in [2.75, 3.05) is 25.4 Å². The maximum Gasteiger partial charge on any atom is 0.214 e. The van der Waals surface area contributed by atoms with Crippen LogP contribution in [0.2, 0.25) is 0 Å². The molecule has 0 aromatic carbocycles. The van der Waals surface area contributed by atoms with Crippen molar-refractivity contribution >= 4 is 10.0 Å². The standard InChI is InChI=1S/C12H22N2O2S/c15-17(16,9-10-3-5-13-6-4-10)14-8-11-1-2-12(14)7-11/h10-13H,1-9H2. The highest BCUT2D eigenvalue weighted by Crippen LogP contribution is 2.39. The van der Waals surface area contributed by atoms with E-state index < -0.39 is 10.0 Å². The number of fused-ring (bicyclic) bond motifs is 2. The summed E-state index contributed by atoms with van der Waals surface area (Å²) in [6.45, 7) is 2.76. The van der Waals surface area contributed by atoms with Crippen molar-refractivity contribution in [3.63, 3.8) is 0 Å². The summed E-state index contributed by atoms with van der Waals surface area (Å²) in [6, 6.07) is 0.340. The van der Waals surface area contributed by atoms with E-state index in [4.69, 9.17) is 0 Å². The lowest BCUT2D eigenvalue weighted by Gasteiger charge is -2.29. The van der Waals surface area contributed by atoms with Gasteiger partial charge in [-0.1, -0.05) is 0 Å². The Balaban J connectivity index is 1.64. The Hall–Kier alpha value is -0.130. The van der Waals surface area contributed by atoms with Gasteiger partial charge in [0.1, 0.15) is 0 Å². The van der Waals surface area contributed by atoms with Crippen LogP contribution in [0.3, 0.4) is 0 Å². The molecule has 1 N–H and O–H groups in total. The van der Waals surface area contributed by atoms with Crippen LogP contribution in [-0.2, 0) is 10.0 Å². The lowest BCUT2D eigenvalue weighted by molar-refractivity contribution is 0.324. The molecular formula is C12H22N2O2S. The van der Waals surface area contributed by atoms with E-state index in [1.165, 1.54) is 6.42 Å². The first-order chi connectivity index (χ1) is 8.15. The van der Waals surface area contributed by atoms with Crippen molar-refractivity contribution in [1.29, 1.82) is 0 Å². The number of hydrogen-bond acceptors (Lipinski definition) is 3. The van der Waals surface area contributed by atoms with Crippen LogP contribution in [0.1, 0.15) is 32.1 Å². The first-order valence-corrected chi connectivity index (χ1v) is 8.46. The summed E-state index contributed by atoms with van der Waals surface area (Å²) in [5.74, 6) is 1.42. The molecule has 2 heterocycles. The molecule has 17 heavy (non-hydrogen) atoms. The fourth-order valence-corrected chi connectivity index (χ4v) is 5.87. The highest BCUT2D eigenvalue weighted by atomic mass is 32.2. The Labute approximate surface area is 104 Å². The molecule has 2 bridgehead atoms. The summed E-state index contributed by atoms with van der Waals surface area (Å²) in [6.07, 6.45) is 5.48. The molecule has 0 radical (unpaired) electrons. The zero-order chi connectivity index (χ0) is 11.9. The molecule has 0 aromatic rings. The zero-order valence-corrected chi connectivity index (χ0v) is 11.1. The average molecular weight is 258 g/mol. The van der Waals surface area contributed by atoms with Crippen molar-refractivity contribution in [2.24, 2.45) is 11.8 Å². The molecule has 0 spiro atoms.